The van der Waals surface area contributed by atoms with E-state index >= 15 is 0 Å². The Balaban J connectivity index is 0.000000311. The molecule has 0 saturated carbocycles. The predicted molar refractivity (Wildman–Crippen MR) is 448 cm³/mol. The van der Waals surface area contributed by atoms with Gasteiger partial charge in [-0.25, -0.2) is 13.8 Å². The van der Waals surface area contributed by atoms with Crippen molar-refractivity contribution >= 4 is 51.9 Å². The van der Waals surface area contributed by atoms with Crippen LogP contribution in [0.5, 0.6) is 17.2 Å². The molecule has 1 spiro atoms. The third kappa shape index (κ3) is 24.3. The number of aromatic hydroxyl groups is 1. The number of methoxy groups -OCH3 is 1. The Morgan fingerprint density at radius 1 is 0.756 bits per heavy atom. The van der Waals surface area contributed by atoms with Gasteiger partial charge < -0.3 is 88.0 Å². The number of unbranched alkanes of at least 4 members (excludes halogenated alkanes) is 9. The Labute approximate surface area is 706 Å². The fourth-order valence-electron chi connectivity index (χ4n) is 18.2. The molecule has 676 valence electrons. The minimum atomic E-state index is -4.23. The Morgan fingerprint density at radius 2 is 1.37 bits per heavy atom. The second kappa shape index (κ2) is 42.6. The van der Waals surface area contributed by atoms with Gasteiger partial charge in [0, 0.05) is 66.8 Å². The number of carbonyl (C=O) groups excluding carboxylic acids is 4. The van der Waals surface area contributed by atoms with E-state index in [1.807, 2.05) is 72.7 Å². The Morgan fingerprint density at radius 3 is 1.92 bits per heavy atom. The summed E-state index contributed by atoms with van der Waals surface area (Å²) in [6.45, 7) is 35.2. The van der Waals surface area contributed by atoms with E-state index in [1.54, 1.807) is 74.5 Å². The summed E-state index contributed by atoms with van der Waals surface area (Å²) in [6, 6.07) is -0.319. The zero-order chi connectivity index (χ0) is 89.6. The van der Waals surface area contributed by atoms with Crippen LogP contribution in [0.4, 0.5) is 0 Å². The molecule has 0 amide bonds. The van der Waals surface area contributed by atoms with E-state index < -0.39 is 170 Å². The summed E-state index contributed by atoms with van der Waals surface area (Å²) >= 11 is 0. The Hall–Kier alpha value is -6.03. The fourth-order valence-corrected chi connectivity index (χ4v) is 18.5. The van der Waals surface area contributed by atoms with E-state index in [0.717, 1.165) is 24.8 Å². The molecule has 4 fully saturated rings. The lowest BCUT2D eigenvalue weighted by atomic mass is 9.60. The summed E-state index contributed by atoms with van der Waals surface area (Å²) in [5.41, 5.74) is -7.59. The van der Waals surface area contributed by atoms with Crippen molar-refractivity contribution in [3.05, 3.63) is 69.4 Å². The molecule has 7 aliphatic rings. The first-order chi connectivity index (χ1) is 55.3. The van der Waals surface area contributed by atoms with E-state index in [4.69, 9.17) is 51.9 Å². The number of ketones is 2. The number of allylic oxidation sites excluding steroid dienone is 5. The van der Waals surface area contributed by atoms with Crippen molar-refractivity contribution < 1.29 is 129 Å². The largest absolute Gasteiger partial charge is 0.506 e. The van der Waals surface area contributed by atoms with Crippen molar-refractivity contribution in [2.45, 2.75) is 380 Å². The minimum absolute atomic E-state index is 0.0407. The van der Waals surface area contributed by atoms with Crippen molar-refractivity contribution in [3.8, 4) is 17.2 Å². The van der Waals surface area contributed by atoms with Crippen LogP contribution in [-0.4, -0.2) is 224 Å². The number of carboxylic acids is 2. The molecule has 4 saturated heterocycles. The van der Waals surface area contributed by atoms with E-state index in [1.165, 1.54) is 91.4 Å². The fraction of sp³-hybridized carbons (Fsp3) is 0.756. The molecule has 0 radical (unpaired) electrons. The molecule has 1 aromatic carbocycles. The van der Waals surface area contributed by atoms with E-state index in [2.05, 4.69) is 17.2 Å². The molecular formula is C90H143NO27S. The highest BCUT2D eigenvalue weighted by Gasteiger charge is 2.77. The minimum Gasteiger partial charge on any atom is -0.506 e. The molecule has 0 aromatic heterocycles. The molecule has 119 heavy (non-hydrogen) atoms. The molecule has 28 nitrogen and oxygen atoms in total. The van der Waals surface area contributed by atoms with Crippen LogP contribution in [0.3, 0.4) is 0 Å². The van der Waals surface area contributed by atoms with Crippen LogP contribution < -0.4 is 9.47 Å². The average Bonchev–Trinajstić information content (AvgIpc) is 1.51. The number of aliphatic hydroxyl groups is 4. The molecule has 1 aliphatic carbocycles. The monoisotopic (exact) mass is 1700 g/mol. The number of benzene rings is 1. The lowest BCUT2D eigenvalue weighted by Gasteiger charge is -2.50. The topological polar surface area (TPSA) is 403 Å². The van der Waals surface area contributed by atoms with Crippen LogP contribution in [0, 0.1) is 29.6 Å². The third-order valence-electron chi connectivity index (χ3n) is 25.1. The number of phenolic OH excluding ortho intramolecular Hbond substituents is 1. The van der Waals surface area contributed by atoms with Crippen LogP contribution >= 0.6 is 0 Å². The van der Waals surface area contributed by atoms with Gasteiger partial charge in [0.2, 0.25) is 5.60 Å². The number of aliphatic hydroxyl groups excluding tert-OH is 2. The molecule has 8 rings (SSSR count). The van der Waals surface area contributed by atoms with Gasteiger partial charge in [-0.2, -0.15) is 8.42 Å². The van der Waals surface area contributed by atoms with Gasteiger partial charge in [0.05, 0.1) is 71.5 Å². The number of ether oxygens (including phenoxy) is 10. The number of hydrogen-bond acceptors (Lipinski definition) is 25. The maximum absolute atomic E-state index is 14.7. The standard InChI is InChI=1S/C40H71NO14.C38H46O9.C12H26O4S/c1-15-27-40(11,48)33(44)22(5)30(43)20(3)18-38(9,47)35(55-37-32(53-28(42)16-2)26(41(12)13)17-21(4)50-37)23(6)31(24(7)36(46)52-27)54-29-19-39(10,49-14)34(45)25(8)51-29;1-21(2)11-10-18-36(8)19-17-24-29(39)28-30(40)26-12-9-13-27-35(6,7)47-37(34(43)44,20-16-23(5)33(41)42)38(26,27)46-32(28)25(31(24)45-36)15-14-22(3)4;1-2-3-4-5-6-7-8-9-10-11-12-16-17(13,14)15/h20-27,29,31-35,37,44-45,47-48H,15-19H2,1-14H3;11-12,14,16-17,19,27,39H,9-10,13,15,18,20H2,1-8H3,(H,41,42)(H,43,44);2-12H2,1H3,(H,13,14,15). The van der Waals surface area contributed by atoms with Gasteiger partial charge in [-0.15, -0.1) is 0 Å². The van der Waals surface area contributed by atoms with Crippen LogP contribution in [-0.2, 0) is 82.9 Å². The lowest BCUT2D eigenvalue weighted by Crippen LogP contribution is -2.66. The number of likely N-dealkylation sites (N-methyl/N-ethyl adjacent to an activating group) is 1. The Kier molecular flexibility index (Phi) is 36.4. The zero-order valence-electron chi connectivity index (χ0n) is 74.9. The number of Topliss-reactive ketones (excluding diaryl/α,β-unsaturated/α-hetero) is 2. The highest BCUT2D eigenvalue weighted by Crippen LogP contribution is 2.65. The zero-order valence-corrected chi connectivity index (χ0v) is 75.8. The van der Waals surface area contributed by atoms with Gasteiger partial charge in [0.25, 0.3) is 0 Å². The Bertz CT molecular complexity index is 3930. The quantitative estimate of drug-likeness (QED) is 0.0117. The van der Waals surface area contributed by atoms with Crippen LogP contribution in [0.25, 0.3) is 6.08 Å². The smallest absolute Gasteiger partial charge is 0.397 e. The molecular weight excluding hydrogens is 1560 g/mol. The molecule has 22 unspecified atom stereocenters. The van der Waals surface area contributed by atoms with E-state index in [9.17, 15) is 72.9 Å². The van der Waals surface area contributed by atoms with Crippen molar-refractivity contribution in [2.75, 3.05) is 27.8 Å². The molecule has 22 atom stereocenters. The number of fused-ring (bicyclic) bond motifs is 2. The van der Waals surface area contributed by atoms with Crippen molar-refractivity contribution in [1.29, 1.82) is 0 Å². The van der Waals surface area contributed by atoms with Gasteiger partial charge in [-0.05, 0) is 181 Å². The number of nitrogens with zero attached hydrogens (tertiary/aromatic N) is 1. The first-order valence-corrected chi connectivity index (χ1v) is 44.2. The van der Waals surface area contributed by atoms with Gasteiger partial charge in [0.1, 0.15) is 52.0 Å². The molecule has 6 aliphatic heterocycles. The molecule has 0 bridgehead atoms. The van der Waals surface area contributed by atoms with Crippen LogP contribution in [0.15, 0.2) is 52.7 Å². The first-order valence-electron chi connectivity index (χ1n) is 42.9. The average molecular weight is 1700 g/mol. The lowest BCUT2D eigenvalue weighted by molar-refractivity contribution is -0.319. The third-order valence-corrected chi connectivity index (χ3v) is 25.6. The number of rotatable bonds is 30. The number of cyclic esters (lactones) is 1. The molecule has 1 aromatic rings. The SMILES string of the molecule is CC(C)=CCCC1(C)C=Cc2c(O)c3c(c(CC=C(C)C)c2O1)OC12C(=CCCC1C(C)(C)OC2(CC=C(C)C(=O)O)C(=O)O)C3=O.CCC(=O)OC1C(OC2C(C)C(OC3CC(C)(OC)C(O)C(C)O3)C(C)C(=O)OC(CC)C(C)(O)C(O)C(C)C(=O)C(C)CC2(C)O)OC(C)CC1N(C)C.CCCCCCCCCCCCOS(=O)(=O)O. The molecule has 8 N–H and O–H groups in total. The summed E-state index contributed by atoms with van der Waals surface area (Å²) in [7, 11) is 0.973. The maximum atomic E-state index is 14.7. The highest BCUT2D eigenvalue weighted by atomic mass is 32.3. The normalized spacial score (nSPS) is 34.6. The molecule has 6 heterocycles. The number of carboxylic acid groups (broad SMARTS) is 2. The second-order valence-electron chi connectivity index (χ2n) is 36.2. The number of carbonyl (C=O) groups is 6. The van der Waals surface area contributed by atoms with Gasteiger partial charge in [-0.3, -0.25) is 23.7 Å². The molecule has 29 heteroatoms. The van der Waals surface area contributed by atoms with Crippen LogP contribution in [0.2, 0.25) is 0 Å². The van der Waals surface area contributed by atoms with Crippen molar-refractivity contribution in [1.82, 2.24) is 4.90 Å². The van der Waals surface area contributed by atoms with Crippen molar-refractivity contribution in [2.24, 2.45) is 29.6 Å². The number of aliphatic carboxylic acids is 2. The first kappa shape index (κ1) is 102. The number of esters is 2. The summed E-state index contributed by atoms with van der Waals surface area (Å²) in [5, 5.41) is 79.0. The van der Waals surface area contributed by atoms with Crippen molar-refractivity contribution in [3.63, 3.8) is 0 Å². The van der Waals surface area contributed by atoms with E-state index in [-0.39, 0.29) is 79.1 Å². The van der Waals surface area contributed by atoms with E-state index in [0.29, 0.717) is 55.4 Å². The van der Waals surface area contributed by atoms with Crippen LogP contribution in [0.1, 0.15) is 288 Å². The summed E-state index contributed by atoms with van der Waals surface area (Å²) in [6.07, 6.45) is 15.3. The number of hydrogen-bond donors (Lipinski definition) is 8. The van der Waals surface area contributed by atoms with Gasteiger partial charge >= 0.3 is 34.3 Å². The summed E-state index contributed by atoms with van der Waals surface area (Å²) in [5.74, 6) is -9.12. The van der Waals surface area contributed by atoms with Gasteiger partial charge in [-0.1, -0.05) is 135 Å². The van der Waals surface area contributed by atoms with Gasteiger partial charge in [0.15, 0.2) is 30.1 Å². The maximum Gasteiger partial charge on any atom is 0.397 e. The summed E-state index contributed by atoms with van der Waals surface area (Å²) in [4.78, 5) is 82.9. The predicted octanol–water partition coefficient (Wildman–Crippen LogP) is 14.0. The second-order valence-corrected chi connectivity index (χ2v) is 37.3. The highest BCUT2D eigenvalue weighted by molar-refractivity contribution is 7.80. The summed E-state index contributed by atoms with van der Waals surface area (Å²) < 4.78 is 96.8. The number of phenols is 1.